The standard InChI is InChI=1S/C15H23F2NO3/c1-2-21-14(20)12-5-9-18(10-6-12)13(19)11-3-7-15(16,17)8-4-11/h11-12H,2-10H2,1H3. The highest BCUT2D eigenvalue weighted by Crippen LogP contribution is 2.37. The Balaban J connectivity index is 1.79. The summed E-state index contributed by atoms with van der Waals surface area (Å²) in [7, 11) is 0. The number of halogens is 2. The molecule has 0 atom stereocenters. The Morgan fingerprint density at radius 3 is 2.19 bits per heavy atom. The molecular weight excluding hydrogens is 280 g/mol. The Bertz CT molecular complexity index is 382. The number of likely N-dealkylation sites (tertiary alicyclic amines) is 1. The van der Waals surface area contributed by atoms with E-state index in [1.54, 1.807) is 11.8 Å². The first-order chi connectivity index (χ1) is 9.93. The number of hydrogen-bond donors (Lipinski definition) is 0. The summed E-state index contributed by atoms with van der Waals surface area (Å²) >= 11 is 0. The molecule has 0 N–H and O–H groups in total. The third-order valence-electron chi connectivity index (χ3n) is 4.49. The fraction of sp³-hybridized carbons (Fsp3) is 0.867. The quantitative estimate of drug-likeness (QED) is 0.753. The largest absolute Gasteiger partial charge is 0.466 e. The van der Waals surface area contributed by atoms with Gasteiger partial charge in [-0.25, -0.2) is 8.78 Å². The number of carbonyl (C=O) groups excluding carboxylic acids is 2. The Kier molecular flexibility index (Phi) is 5.17. The van der Waals surface area contributed by atoms with E-state index < -0.39 is 5.92 Å². The van der Waals surface area contributed by atoms with E-state index in [9.17, 15) is 18.4 Å². The van der Waals surface area contributed by atoms with Crippen molar-refractivity contribution < 1.29 is 23.1 Å². The number of nitrogens with zero attached hydrogens (tertiary/aromatic N) is 1. The SMILES string of the molecule is CCOC(=O)C1CCN(C(=O)C2CCC(F)(F)CC2)CC1. The van der Waals surface area contributed by atoms with E-state index in [0.717, 1.165) is 0 Å². The molecule has 6 heteroatoms. The van der Waals surface area contributed by atoms with E-state index in [1.807, 2.05) is 0 Å². The van der Waals surface area contributed by atoms with Gasteiger partial charge in [0.05, 0.1) is 12.5 Å². The zero-order valence-electron chi connectivity index (χ0n) is 12.4. The van der Waals surface area contributed by atoms with Crippen molar-refractivity contribution in [2.24, 2.45) is 11.8 Å². The van der Waals surface area contributed by atoms with Crippen LogP contribution in [0.4, 0.5) is 8.78 Å². The molecule has 0 unspecified atom stereocenters. The lowest BCUT2D eigenvalue weighted by Crippen LogP contribution is -2.44. The molecule has 0 aromatic heterocycles. The predicted molar refractivity (Wildman–Crippen MR) is 72.8 cm³/mol. The van der Waals surface area contributed by atoms with E-state index in [-0.39, 0.29) is 49.4 Å². The van der Waals surface area contributed by atoms with Crippen LogP contribution in [0.5, 0.6) is 0 Å². The number of amides is 1. The number of rotatable bonds is 3. The van der Waals surface area contributed by atoms with Crippen molar-refractivity contribution in [3.05, 3.63) is 0 Å². The lowest BCUT2D eigenvalue weighted by molar-refractivity contribution is -0.152. The summed E-state index contributed by atoms with van der Waals surface area (Å²) in [6, 6.07) is 0. The van der Waals surface area contributed by atoms with Crippen molar-refractivity contribution in [2.45, 2.75) is 51.4 Å². The zero-order valence-corrected chi connectivity index (χ0v) is 12.4. The van der Waals surface area contributed by atoms with Gasteiger partial charge in [0.2, 0.25) is 11.8 Å². The normalized spacial score (nSPS) is 23.9. The first-order valence-corrected chi connectivity index (χ1v) is 7.76. The van der Waals surface area contributed by atoms with Gasteiger partial charge in [-0.3, -0.25) is 9.59 Å². The molecule has 1 heterocycles. The lowest BCUT2D eigenvalue weighted by atomic mass is 9.85. The highest BCUT2D eigenvalue weighted by molar-refractivity contribution is 5.79. The van der Waals surface area contributed by atoms with Gasteiger partial charge in [0.1, 0.15) is 0 Å². The molecule has 120 valence electrons. The van der Waals surface area contributed by atoms with Crippen LogP contribution in [0.3, 0.4) is 0 Å². The fourth-order valence-electron chi connectivity index (χ4n) is 3.14. The highest BCUT2D eigenvalue weighted by Gasteiger charge is 2.39. The Morgan fingerprint density at radius 1 is 1.10 bits per heavy atom. The minimum Gasteiger partial charge on any atom is -0.466 e. The molecule has 2 rings (SSSR count). The van der Waals surface area contributed by atoms with Crippen LogP contribution in [0.1, 0.15) is 45.4 Å². The number of esters is 1. The summed E-state index contributed by atoms with van der Waals surface area (Å²) in [5.74, 6) is -3.23. The molecule has 1 saturated heterocycles. The van der Waals surface area contributed by atoms with Crippen molar-refractivity contribution in [3.8, 4) is 0 Å². The van der Waals surface area contributed by atoms with E-state index in [1.165, 1.54) is 0 Å². The maximum absolute atomic E-state index is 13.1. The summed E-state index contributed by atoms with van der Waals surface area (Å²) < 4.78 is 31.2. The molecule has 0 aromatic rings. The maximum atomic E-state index is 13.1. The van der Waals surface area contributed by atoms with Gasteiger partial charge in [0.15, 0.2) is 0 Å². The van der Waals surface area contributed by atoms with Crippen LogP contribution in [0.15, 0.2) is 0 Å². The second-order valence-corrected chi connectivity index (χ2v) is 5.98. The van der Waals surface area contributed by atoms with Gasteiger partial charge < -0.3 is 9.64 Å². The molecule has 1 aliphatic carbocycles. The van der Waals surface area contributed by atoms with Crippen LogP contribution in [0.2, 0.25) is 0 Å². The molecule has 1 aliphatic heterocycles. The molecule has 0 bridgehead atoms. The van der Waals surface area contributed by atoms with Gasteiger partial charge in [-0.05, 0) is 32.6 Å². The summed E-state index contributed by atoms with van der Waals surface area (Å²) in [6.07, 6.45) is 1.36. The van der Waals surface area contributed by atoms with E-state index in [2.05, 4.69) is 0 Å². The first kappa shape index (κ1) is 16.2. The lowest BCUT2D eigenvalue weighted by Gasteiger charge is -2.35. The molecule has 4 nitrogen and oxygen atoms in total. The van der Waals surface area contributed by atoms with Crippen molar-refractivity contribution in [2.75, 3.05) is 19.7 Å². The van der Waals surface area contributed by atoms with Crippen molar-refractivity contribution >= 4 is 11.9 Å². The van der Waals surface area contributed by atoms with E-state index in [4.69, 9.17) is 4.74 Å². The molecule has 0 aromatic carbocycles. The van der Waals surface area contributed by atoms with Crippen LogP contribution in [-0.4, -0.2) is 42.4 Å². The van der Waals surface area contributed by atoms with E-state index in [0.29, 0.717) is 32.5 Å². The minimum absolute atomic E-state index is 0.0205. The second kappa shape index (κ2) is 6.71. The maximum Gasteiger partial charge on any atom is 0.309 e. The number of piperidine rings is 1. The minimum atomic E-state index is -2.60. The first-order valence-electron chi connectivity index (χ1n) is 7.76. The topological polar surface area (TPSA) is 46.6 Å². The van der Waals surface area contributed by atoms with E-state index >= 15 is 0 Å². The van der Waals surface area contributed by atoms with Gasteiger partial charge in [0, 0.05) is 31.8 Å². The number of alkyl halides is 2. The Labute approximate surface area is 123 Å². The van der Waals surface area contributed by atoms with Gasteiger partial charge in [-0.15, -0.1) is 0 Å². The van der Waals surface area contributed by atoms with Gasteiger partial charge in [-0.1, -0.05) is 0 Å². The van der Waals surface area contributed by atoms with Crippen LogP contribution in [0, 0.1) is 11.8 Å². The molecule has 2 aliphatic rings. The molecule has 0 radical (unpaired) electrons. The van der Waals surface area contributed by atoms with Gasteiger partial charge >= 0.3 is 5.97 Å². The number of carbonyl (C=O) groups is 2. The average Bonchev–Trinajstić information content (AvgIpc) is 2.47. The van der Waals surface area contributed by atoms with Crippen molar-refractivity contribution in [3.63, 3.8) is 0 Å². The number of hydrogen-bond acceptors (Lipinski definition) is 3. The summed E-state index contributed by atoms with van der Waals surface area (Å²) in [4.78, 5) is 25.7. The summed E-state index contributed by atoms with van der Waals surface area (Å²) in [5.41, 5.74) is 0. The Hall–Kier alpha value is -1.20. The highest BCUT2D eigenvalue weighted by atomic mass is 19.3. The summed E-state index contributed by atoms with van der Waals surface area (Å²) in [5, 5.41) is 0. The molecule has 0 spiro atoms. The van der Waals surface area contributed by atoms with Crippen molar-refractivity contribution in [1.29, 1.82) is 0 Å². The number of ether oxygens (including phenoxy) is 1. The van der Waals surface area contributed by atoms with Gasteiger partial charge in [-0.2, -0.15) is 0 Å². The van der Waals surface area contributed by atoms with Gasteiger partial charge in [0.25, 0.3) is 0 Å². The predicted octanol–water partition coefficient (Wildman–Crippen LogP) is 2.61. The molecule has 21 heavy (non-hydrogen) atoms. The summed E-state index contributed by atoms with van der Waals surface area (Å²) in [6.45, 7) is 3.19. The molecule has 1 saturated carbocycles. The monoisotopic (exact) mass is 303 g/mol. The molecule has 2 fully saturated rings. The fourth-order valence-corrected chi connectivity index (χ4v) is 3.14. The third-order valence-corrected chi connectivity index (χ3v) is 4.49. The smallest absolute Gasteiger partial charge is 0.309 e. The van der Waals surface area contributed by atoms with Crippen LogP contribution < -0.4 is 0 Å². The van der Waals surface area contributed by atoms with Crippen LogP contribution >= 0.6 is 0 Å². The van der Waals surface area contributed by atoms with Crippen LogP contribution in [-0.2, 0) is 14.3 Å². The van der Waals surface area contributed by atoms with Crippen LogP contribution in [0.25, 0.3) is 0 Å². The second-order valence-electron chi connectivity index (χ2n) is 5.98. The Morgan fingerprint density at radius 2 is 1.67 bits per heavy atom. The average molecular weight is 303 g/mol. The third kappa shape index (κ3) is 4.14. The molecule has 1 amide bonds. The van der Waals surface area contributed by atoms with Crippen molar-refractivity contribution in [1.82, 2.24) is 4.90 Å². The molecular formula is C15H23F2NO3. The zero-order chi connectivity index (χ0) is 15.5.